The molecule has 2 aromatic carbocycles. The van der Waals surface area contributed by atoms with Crippen molar-refractivity contribution >= 4 is 28.2 Å². The Labute approximate surface area is 257 Å². The summed E-state index contributed by atoms with van der Waals surface area (Å²) in [6.07, 6.45) is 8.28. The molecule has 0 atom stereocenters. The lowest BCUT2D eigenvalue weighted by Gasteiger charge is -2.41. The van der Waals surface area contributed by atoms with Gasteiger partial charge in [0.05, 0.1) is 17.1 Å². The number of hydrogen-bond donors (Lipinski definition) is 1. The van der Waals surface area contributed by atoms with Gasteiger partial charge >= 0.3 is 0 Å². The fourth-order valence-electron chi connectivity index (χ4n) is 6.77. The van der Waals surface area contributed by atoms with Crippen LogP contribution >= 0.6 is 11.3 Å². The van der Waals surface area contributed by atoms with Gasteiger partial charge in [0.25, 0.3) is 0 Å². The van der Waals surface area contributed by atoms with Crippen molar-refractivity contribution in [2.24, 2.45) is 0 Å². The number of hydrogen-bond acceptors (Lipinski definition) is 8. The number of aromatic nitrogens is 5. The molecule has 2 N–H and O–H groups in total. The number of anilines is 1. The van der Waals surface area contributed by atoms with Crippen molar-refractivity contribution in [2.75, 3.05) is 39.0 Å². The van der Waals surface area contributed by atoms with Crippen molar-refractivity contribution < 1.29 is 0 Å². The van der Waals surface area contributed by atoms with Gasteiger partial charge in [-0.3, -0.25) is 4.90 Å². The van der Waals surface area contributed by atoms with Crippen LogP contribution in [0.15, 0.2) is 60.9 Å². The Bertz CT molecular complexity index is 1680. The highest BCUT2D eigenvalue weighted by atomic mass is 32.1. The van der Waals surface area contributed by atoms with Gasteiger partial charge in [-0.25, -0.2) is 19.6 Å². The lowest BCUT2D eigenvalue weighted by Crippen LogP contribution is -2.49. The first-order valence-corrected chi connectivity index (χ1v) is 16.5. The van der Waals surface area contributed by atoms with E-state index in [1.807, 2.05) is 0 Å². The Hall–Kier alpha value is -3.66. The zero-order valence-electron chi connectivity index (χ0n) is 25.1. The summed E-state index contributed by atoms with van der Waals surface area (Å²) in [5.41, 5.74) is 12.6. The molecule has 1 aliphatic heterocycles. The smallest absolute Gasteiger partial charge is 0.164 e. The highest BCUT2D eigenvalue weighted by Gasteiger charge is 2.30. The third-order valence-electron chi connectivity index (χ3n) is 9.21. The van der Waals surface area contributed by atoms with E-state index >= 15 is 0 Å². The monoisotopic (exact) mass is 592 g/mol. The summed E-state index contributed by atoms with van der Waals surface area (Å²) >= 11 is 1.80. The quantitative estimate of drug-likeness (QED) is 0.229. The molecule has 7 rings (SSSR count). The van der Waals surface area contributed by atoms with Gasteiger partial charge in [0, 0.05) is 53.8 Å². The van der Waals surface area contributed by atoms with Crippen molar-refractivity contribution in [1.82, 2.24) is 34.5 Å². The van der Waals surface area contributed by atoms with Gasteiger partial charge in [-0.1, -0.05) is 67.9 Å². The summed E-state index contributed by atoms with van der Waals surface area (Å²) in [7, 11) is 2.22. The first kappa shape index (κ1) is 28.1. The standard InChI is InChI=1S/C34H40N8S/c1-3-7-28-30(23-8-5-4-6-9-23)38-34(43-28)25-12-10-24(11-13-25)31-29-32(35)36-22-37-33(29)42(39-31)27-16-14-26(15-17-27)41-20-18-40(2)19-21-41/h4-6,8-13,22,26-27H,3,7,14-21H2,1-2H3,(H2,35,36,37). The van der Waals surface area contributed by atoms with E-state index in [0.717, 1.165) is 64.2 Å². The van der Waals surface area contributed by atoms with E-state index in [1.165, 1.54) is 49.5 Å². The molecule has 0 bridgehead atoms. The number of nitrogens with two attached hydrogens (primary N) is 1. The van der Waals surface area contributed by atoms with Crippen LogP contribution in [0.1, 0.15) is 49.9 Å². The molecule has 222 valence electrons. The molecule has 43 heavy (non-hydrogen) atoms. The van der Waals surface area contributed by atoms with Gasteiger partial charge in [0.15, 0.2) is 5.65 Å². The van der Waals surface area contributed by atoms with Crippen molar-refractivity contribution in [3.63, 3.8) is 0 Å². The average molecular weight is 593 g/mol. The number of fused-ring (bicyclic) bond motifs is 1. The van der Waals surface area contributed by atoms with Crippen LogP contribution in [0.5, 0.6) is 0 Å². The van der Waals surface area contributed by atoms with Gasteiger partial charge in [0.2, 0.25) is 0 Å². The van der Waals surface area contributed by atoms with Gasteiger partial charge < -0.3 is 10.6 Å². The zero-order chi connectivity index (χ0) is 29.3. The normalized spacial score (nSPS) is 20.1. The second-order valence-electron chi connectivity index (χ2n) is 12.0. The van der Waals surface area contributed by atoms with Crippen LogP contribution in [0, 0.1) is 0 Å². The fraction of sp³-hybridized carbons (Fsp3) is 0.412. The van der Waals surface area contributed by atoms with Gasteiger partial charge in [0.1, 0.15) is 22.8 Å². The van der Waals surface area contributed by atoms with E-state index in [4.69, 9.17) is 15.8 Å². The van der Waals surface area contributed by atoms with Crippen molar-refractivity contribution in [3.05, 3.63) is 65.8 Å². The Morgan fingerprint density at radius 3 is 2.21 bits per heavy atom. The van der Waals surface area contributed by atoms with Crippen LogP contribution in [-0.2, 0) is 6.42 Å². The lowest BCUT2D eigenvalue weighted by atomic mass is 9.90. The number of benzene rings is 2. The van der Waals surface area contributed by atoms with Crippen LogP contribution in [0.25, 0.3) is 44.1 Å². The Balaban J connectivity index is 1.16. The molecule has 1 saturated heterocycles. The number of rotatable bonds is 7. The van der Waals surface area contributed by atoms with Crippen molar-refractivity contribution in [3.8, 4) is 33.1 Å². The second-order valence-corrected chi connectivity index (χ2v) is 13.1. The minimum atomic E-state index is 0.317. The molecule has 9 heteroatoms. The van der Waals surface area contributed by atoms with E-state index in [0.29, 0.717) is 17.9 Å². The van der Waals surface area contributed by atoms with Crippen LogP contribution in [0.3, 0.4) is 0 Å². The molecule has 0 amide bonds. The molecular weight excluding hydrogens is 552 g/mol. The molecule has 0 radical (unpaired) electrons. The van der Waals surface area contributed by atoms with Crippen LogP contribution in [-0.4, -0.2) is 73.8 Å². The predicted molar refractivity (Wildman–Crippen MR) is 176 cm³/mol. The van der Waals surface area contributed by atoms with Crippen LogP contribution in [0.4, 0.5) is 5.82 Å². The SMILES string of the molecule is CCCc1sc(-c2ccc(-c3nn(C4CCC(N5CCN(C)CC5)CC4)c4ncnc(N)c34)cc2)nc1-c1ccccc1. The molecule has 1 saturated carbocycles. The van der Waals surface area contributed by atoms with Crippen molar-refractivity contribution in [2.45, 2.75) is 57.5 Å². The molecule has 1 aliphatic carbocycles. The third kappa shape index (κ3) is 5.57. The van der Waals surface area contributed by atoms with Gasteiger partial charge in [-0.05, 0) is 39.2 Å². The number of thiazole rings is 1. The van der Waals surface area contributed by atoms with Gasteiger partial charge in [-0.2, -0.15) is 5.10 Å². The van der Waals surface area contributed by atoms with E-state index in [1.54, 1.807) is 17.7 Å². The second kappa shape index (κ2) is 12.1. The van der Waals surface area contributed by atoms with E-state index in [2.05, 4.69) is 93.0 Å². The molecule has 2 fully saturated rings. The van der Waals surface area contributed by atoms with Gasteiger partial charge in [-0.15, -0.1) is 11.3 Å². The van der Waals surface area contributed by atoms with E-state index < -0.39 is 0 Å². The number of piperazine rings is 1. The first-order chi connectivity index (χ1) is 21.1. The third-order valence-corrected chi connectivity index (χ3v) is 10.4. The lowest BCUT2D eigenvalue weighted by molar-refractivity contribution is 0.0815. The number of likely N-dealkylation sites (N-methyl/N-ethyl adjacent to an activating group) is 1. The minimum Gasteiger partial charge on any atom is -0.383 e. The molecule has 2 aliphatic rings. The van der Waals surface area contributed by atoms with Crippen LogP contribution < -0.4 is 5.73 Å². The highest BCUT2D eigenvalue weighted by molar-refractivity contribution is 7.15. The summed E-state index contributed by atoms with van der Waals surface area (Å²) < 4.78 is 2.14. The Kier molecular flexibility index (Phi) is 7.95. The number of nitrogens with zero attached hydrogens (tertiary/aromatic N) is 7. The molecule has 8 nitrogen and oxygen atoms in total. The maximum Gasteiger partial charge on any atom is 0.164 e. The van der Waals surface area contributed by atoms with E-state index in [-0.39, 0.29) is 0 Å². The highest BCUT2D eigenvalue weighted by Crippen LogP contribution is 2.39. The van der Waals surface area contributed by atoms with E-state index in [9.17, 15) is 0 Å². The van der Waals surface area contributed by atoms with Crippen LogP contribution in [0.2, 0.25) is 0 Å². The predicted octanol–water partition coefficient (Wildman–Crippen LogP) is 6.55. The summed E-state index contributed by atoms with van der Waals surface area (Å²) in [6, 6.07) is 20.1. The maximum absolute atomic E-state index is 6.47. The molecule has 0 spiro atoms. The summed E-state index contributed by atoms with van der Waals surface area (Å²) in [5, 5.41) is 7.07. The summed E-state index contributed by atoms with van der Waals surface area (Å²) in [5.74, 6) is 0.484. The molecule has 4 heterocycles. The Morgan fingerprint density at radius 1 is 0.814 bits per heavy atom. The average Bonchev–Trinajstić information content (AvgIpc) is 3.65. The zero-order valence-corrected chi connectivity index (χ0v) is 25.9. The molecular formula is C34H40N8S. The molecule has 5 aromatic rings. The first-order valence-electron chi connectivity index (χ1n) is 15.7. The topological polar surface area (TPSA) is 89.0 Å². The minimum absolute atomic E-state index is 0.317. The number of aryl methyl sites for hydroxylation is 1. The molecule has 3 aromatic heterocycles. The van der Waals surface area contributed by atoms with Crippen molar-refractivity contribution in [1.29, 1.82) is 0 Å². The largest absolute Gasteiger partial charge is 0.383 e. The number of nitrogen functional groups attached to an aromatic ring is 1. The maximum atomic E-state index is 6.47. The fourth-order valence-corrected chi connectivity index (χ4v) is 7.96. The summed E-state index contributed by atoms with van der Waals surface area (Å²) in [4.78, 5) is 20.6. The Morgan fingerprint density at radius 2 is 1.49 bits per heavy atom. The summed E-state index contributed by atoms with van der Waals surface area (Å²) in [6.45, 7) is 6.91. The molecule has 0 unspecified atom stereocenters.